The van der Waals surface area contributed by atoms with Gasteiger partial charge in [-0.1, -0.05) is 6.92 Å². The quantitative estimate of drug-likeness (QED) is 0.225. The minimum Gasteiger partial charge on any atom is -0.444 e. The summed E-state index contributed by atoms with van der Waals surface area (Å²) >= 11 is 0. The Bertz CT molecular complexity index is 418. The first-order chi connectivity index (χ1) is 11.8. The predicted octanol–water partition coefficient (Wildman–Crippen LogP) is 2.56. The van der Waals surface area contributed by atoms with E-state index in [0.29, 0.717) is 12.6 Å². The fourth-order valence-corrected chi connectivity index (χ4v) is 2.80. The molecule has 26 heavy (non-hydrogen) atoms. The number of hydrogen-bond acceptors (Lipinski definition) is 4. The lowest BCUT2D eigenvalue weighted by atomic mass is 10.1. The Balaban J connectivity index is 0.00000625. The van der Waals surface area contributed by atoms with Crippen molar-refractivity contribution < 1.29 is 9.53 Å². The molecule has 3 N–H and O–H groups in total. The van der Waals surface area contributed by atoms with Crippen molar-refractivity contribution in [2.24, 2.45) is 4.99 Å². The number of halogens is 1. The van der Waals surface area contributed by atoms with Gasteiger partial charge in [-0.15, -0.1) is 24.0 Å². The average molecular weight is 483 g/mol. The molecule has 1 aliphatic rings. The number of rotatable bonds is 7. The van der Waals surface area contributed by atoms with Crippen molar-refractivity contribution >= 4 is 36.0 Å². The largest absolute Gasteiger partial charge is 0.444 e. The van der Waals surface area contributed by atoms with Crippen LogP contribution in [0.3, 0.4) is 0 Å². The number of piperidine rings is 1. The molecule has 1 fully saturated rings. The maximum atomic E-state index is 11.6. The van der Waals surface area contributed by atoms with Gasteiger partial charge in [0.05, 0.1) is 0 Å². The Morgan fingerprint density at radius 3 is 2.35 bits per heavy atom. The summed E-state index contributed by atoms with van der Waals surface area (Å²) in [7, 11) is 1.79. The van der Waals surface area contributed by atoms with Crippen LogP contribution in [0.4, 0.5) is 4.79 Å². The van der Waals surface area contributed by atoms with Crippen molar-refractivity contribution in [3.05, 3.63) is 0 Å². The highest BCUT2D eigenvalue weighted by molar-refractivity contribution is 14.0. The van der Waals surface area contributed by atoms with E-state index in [1.54, 1.807) is 7.05 Å². The van der Waals surface area contributed by atoms with Crippen LogP contribution in [0, 0.1) is 0 Å². The number of carbonyl (C=O) groups is 1. The van der Waals surface area contributed by atoms with Gasteiger partial charge in [-0.25, -0.2) is 4.79 Å². The smallest absolute Gasteiger partial charge is 0.407 e. The van der Waals surface area contributed by atoms with Crippen LogP contribution in [0.25, 0.3) is 0 Å². The van der Waals surface area contributed by atoms with E-state index in [9.17, 15) is 4.79 Å². The number of carbonyl (C=O) groups excluding carboxylic acids is 1. The first-order valence-corrected chi connectivity index (χ1v) is 9.50. The molecule has 1 aliphatic heterocycles. The van der Waals surface area contributed by atoms with Crippen molar-refractivity contribution in [2.75, 3.05) is 39.8 Å². The molecule has 1 rings (SSSR count). The van der Waals surface area contributed by atoms with Gasteiger partial charge < -0.3 is 25.6 Å². The molecule has 1 heterocycles. The molecular weight excluding hydrogens is 445 g/mol. The lowest BCUT2D eigenvalue weighted by Crippen LogP contribution is -2.49. The molecule has 0 aromatic rings. The van der Waals surface area contributed by atoms with Gasteiger partial charge in [-0.3, -0.25) is 4.99 Å². The summed E-state index contributed by atoms with van der Waals surface area (Å²) in [6, 6.07) is 0.485. The predicted molar refractivity (Wildman–Crippen MR) is 119 cm³/mol. The highest BCUT2D eigenvalue weighted by atomic mass is 127. The Labute approximate surface area is 176 Å². The second-order valence-electron chi connectivity index (χ2n) is 7.54. The van der Waals surface area contributed by atoms with Crippen LogP contribution in [0.1, 0.15) is 53.4 Å². The zero-order valence-corrected chi connectivity index (χ0v) is 19.4. The number of guanidine groups is 1. The minimum atomic E-state index is -0.457. The molecule has 8 heteroatoms. The fraction of sp³-hybridized carbons (Fsp3) is 0.889. The van der Waals surface area contributed by atoms with E-state index in [1.165, 1.54) is 13.0 Å². The highest BCUT2D eigenvalue weighted by Crippen LogP contribution is 2.10. The van der Waals surface area contributed by atoms with E-state index in [-0.39, 0.29) is 30.1 Å². The molecule has 7 nitrogen and oxygen atoms in total. The molecule has 1 amide bonds. The fourth-order valence-electron chi connectivity index (χ4n) is 2.80. The van der Waals surface area contributed by atoms with Crippen molar-refractivity contribution in [1.29, 1.82) is 0 Å². The van der Waals surface area contributed by atoms with Crippen LogP contribution in [0.5, 0.6) is 0 Å². The van der Waals surface area contributed by atoms with E-state index in [1.807, 2.05) is 20.8 Å². The number of nitrogens with one attached hydrogen (secondary N) is 3. The topological polar surface area (TPSA) is 78.0 Å². The molecule has 0 spiro atoms. The Morgan fingerprint density at radius 2 is 1.81 bits per heavy atom. The Hall–Kier alpha value is -0.770. The van der Waals surface area contributed by atoms with Crippen LogP contribution in [-0.4, -0.2) is 68.4 Å². The van der Waals surface area contributed by atoms with Crippen molar-refractivity contribution in [1.82, 2.24) is 20.9 Å². The molecule has 0 unspecified atom stereocenters. The summed E-state index contributed by atoms with van der Waals surface area (Å²) in [5, 5.41) is 9.57. The van der Waals surface area contributed by atoms with E-state index in [0.717, 1.165) is 44.9 Å². The van der Waals surface area contributed by atoms with E-state index >= 15 is 0 Å². The van der Waals surface area contributed by atoms with Gasteiger partial charge in [-0.05, 0) is 53.0 Å². The number of nitrogens with zero attached hydrogens (tertiary/aromatic N) is 2. The average Bonchev–Trinajstić information content (AvgIpc) is 2.53. The van der Waals surface area contributed by atoms with Crippen LogP contribution in [-0.2, 0) is 4.74 Å². The number of hydrogen-bond donors (Lipinski definition) is 3. The van der Waals surface area contributed by atoms with Gasteiger partial charge in [0.25, 0.3) is 0 Å². The van der Waals surface area contributed by atoms with Crippen molar-refractivity contribution in [3.63, 3.8) is 0 Å². The third-order valence-corrected chi connectivity index (χ3v) is 4.01. The second kappa shape index (κ2) is 13.4. The van der Waals surface area contributed by atoms with Crippen LogP contribution in [0.2, 0.25) is 0 Å². The maximum Gasteiger partial charge on any atom is 0.407 e. The first-order valence-electron chi connectivity index (χ1n) is 9.50. The summed E-state index contributed by atoms with van der Waals surface area (Å²) in [5.41, 5.74) is -0.457. The van der Waals surface area contributed by atoms with E-state index in [4.69, 9.17) is 4.74 Å². The zero-order valence-electron chi connectivity index (χ0n) is 17.1. The number of alkyl carbamates (subject to hydrolysis) is 1. The molecule has 0 aliphatic carbocycles. The first kappa shape index (κ1) is 25.2. The van der Waals surface area contributed by atoms with Crippen LogP contribution in [0.15, 0.2) is 4.99 Å². The Morgan fingerprint density at radius 1 is 1.19 bits per heavy atom. The molecule has 0 saturated carbocycles. The number of amides is 1. The minimum absolute atomic E-state index is 0. The van der Waals surface area contributed by atoms with Crippen molar-refractivity contribution in [3.8, 4) is 0 Å². The van der Waals surface area contributed by atoms with E-state index in [2.05, 4.69) is 32.8 Å². The van der Waals surface area contributed by atoms with Gasteiger partial charge in [0.2, 0.25) is 0 Å². The van der Waals surface area contributed by atoms with Gasteiger partial charge in [0, 0.05) is 39.3 Å². The SMILES string of the molecule is CCCN1CCC(NC(=NC)NCCCNC(=O)OC(C)(C)C)CC1.I. The van der Waals surface area contributed by atoms with E-state index < -0.39 is 5.60 Å². The standard InChI is InChI=1S/C18H37N5O2.HI/c1-6-12-23-13-8-15(9-14-23)22-16(19-5)20-10-7-11-21-17(24)25-18(2,3)4;/h15H,6-14H2,1-5H3,(H,21,24)(H2,19,20,22);1H. The molecule has 0 aromatic heterocycles. The molecular formula is C18H38IN5O2. The van der Waals surface area contributed by atoms with Gasteiger partial charge in [0.15, 0.2) is 5.96 Å². The number of ether oxygens (including phenoxy) is 1. The number of aliphatic imine (C=N–C) groups is 1. The Kier molecular flexibility index (Phi) is 13.0. The molecule has 154 valence electrons. The third kappa shape index (κ3) is 11.8. The normalized spacial score (nSPS) is 16.6. The summed E-state index contributed by atoms with van der Waals surface area (Å²) in [6.45, 7) is 12.6. The third-order valence-electron chi connectivity index (χ3n) is 4.01. The molecule has 0 radical (unpaired) electrons. The number of likely N-dealkylation sites (tertiary alicyclic amines) is 1. The summed E-state index contributed by atoms with van der Waals surface area (Å²) in [5.74, 6) is 0.839. The van der Waals surface area contributed by atoms with Gasteiger partial charge in [-0.2, -0.15) is 0 Å². The summed E-state index contributed by atoms with van der Waals surface area (Å²) in [4.78, 5) is 18.4. The van der Waals surface area contributed by atoms with Crippen LogP contribution >= 0.6 is 24.0 Å². The molecule has 0 aromatic carbocycles. The lowest BCUT2D eigenvalue weighted by Gasteiger charge is -2.32. The lowest BCUT2D eigenvalue weighted by molar-refractivity contribution is 0.0527. The zero-order chi connectivity index (χ0) is 18.7. The summed E-state index contributed by atoms with van der Waals surface area (Å²) in [6.07, 6.45) is 3.98. The highest BCUT2D eigenvalue weighted by Gasteiger charge is 2.19. The molecule has 0 atom stereocenters. The molecule has 0 bridgehead atoms. The summed E-state index contributed by atoms with van der Waals surface area (Å²) < 4.78 is 5.20. The second-order valence-corrected chi connectivity index (χ2v) is 7.54. The van der Waals surface area contributed by atoms with Gasteiger partial charge in [0.1, 0.15) is 5.60 Å². The van der Waals surface area contributed by atoms with Crippen molar-refractivity contribution in [2.45, 2.75) is 65.0 Å². The van der Waals surface area contributed by atoms with Crippen LogP contribution < -0.4 is 16.0 Å². The molecule has 1 saturated heterocycles. The maximum absolute atomic E-state index is 11.6. The monoisotopic (exact) mass is 483 g/mol. The van der Waals surface area contributed by atoms with Gasteiger partial charge >= 0.3 is 6.09 Å².